The minimum atomic E-state index is 0.364. The maximum atomic E-state index is 8.40. The molecular formula is C10H15N5. The molecule has 1 aromatic heterocycles. The van der Waals surface area contributed by atoms with E-state index in [-0.39, 0.29) is 0 Å². The van der Waals surface area contributed by atoms with E-state index < -0.39 is 0 Å². The fourth-order valence-electron chi connectivity index (χ4n) is 1.34. The van der Waals surface area contributed by atoms with Crippen LogP contribution in [0, 0.1) is 11.5 Å². The van der Waals surface area contributed by atoms with Gasteiger partial charge in [-0.25, -0.2) is 9.98 Å². The van der Waals surface area contributed by atoms with Crippen LogP contribution in [0.3, 0.4) is 0 Å². The first-order valence-electron chi connectivity index (χ1n) is 4.78. The molecular weight excluding hydrogens is 190 g/mol. The lowest BCUT2D eigenvalue weighted by molar-refractivity contribution is 0.711. The van der Waals surface area contributed by atoms with Crippen LogP contribution in [0.15, 0.2) is 11.2 Å². The lowest BCUT2D eigenvalue weighted by Crippen LogP contribution is -2.12. The van der Waals surface area contributed by atoms with Crippen LogP contribution >= 0.6 is 0 Å². The Kier molecular flexibility index (Phi) is 3.45. The van der Waals surface area contributed by atoms with Gasteiger partial charge >= 0.3 is 0 Å². The Morgan fingerprint density at radius 3 is 2.80 bits per heavy atom. The predicted molar refractivity (Wildman–Crippen MR) is 58.8 cm³/mol. The summed E-state index contributed by atoms with van der Waals surface area (Å²) in [5, 5.41) is 10.9. The fourth-order valence-corrected chi connectivity index (χ4v) is 1.34. The summed E-state index contributed by atoms with van der Waals surface area (Å²) in [6.45, 7) is 5.89. The summed E-state index contributed by atoms with van der Waals surface area (Å²) >= 11 is 0. The van der Waals surface area contributed by atoms with Crippen molar-refractivity contribution in [3.63, 3.8) is 0 Å². The highest BCUT2D eigenvalue weighted by Crippen LogP contribution is 2.17. The first-order chi connectivity index (χ1) is 7.04. The number of aromatic nitrogens is 2. The average Bonchev–Trinajstić information content (AvgIpc) is 2.47. The zero-order valence-electron chi connectivity index (χ0n) is 9.44. The Labute approximate surface area is 89.5 Å². The third-order valence-corrected chi connectivity index (χ3v) is 1.94. The van der Waals surface area contributed by atoms with Crippen LogP contribution in [0.1, 0.15) is 32.5 Å². The number of imidazole rings is 1. The molecule has 15 heavy (non-hydrogen) atoms. The highest BCUT2D eigenvalue weighted by Gasteiger charge is 2.07. The summed E-state index contributed by atoms with van der Waals surface area (Å²) in [6.07, 6.45) is 3.66. The largest absolute Gasteiger partial charge is 0.336 e. The van der Waals surface area contributed by atoms with Crippen LogP contribution in [0.2, 0.25) is 0 Å². The van der Waals surface area contributed by atoms with Crippen molar-refractivity contribution in [2.75, 3.05) is 0 Å². The molecule has 0 amide bonds. The molecule has 1 heterocycles. The molecule has 1 rings (SSSR count). The van der Waals surface area contributed by atoms with E-state index in [9.17, 15) is 0 Å². The molecule has 80 valence electrons. The van der Waals surface area contributed by atoms with E-state index in [1.807, 2.05) is 24.0 Å². The maximum Gasteiger partial charge on any atom is 0.182 e. The Balaban J connectivity index is 2.94. The van der Waals surface area contributed by atoms with Crippen molar-refractivity contribution >= 4 is 11.7 Å². The summed E-state index contributed by atoms with van der Waals surface area (Å²) in [5.74, 6) is 2.52. The van der Waals surface area contributed by atoms with Gasteiger partial charge in [-0.15, -0.1) is 0 Å². The molecule has 0 fully saturated rings. The third kappa shape index (κ3) is 2.81. The number of nitrogens with one attached hydrogen (secondary N) is 1. The van der Waals surface area contributed by atoms with Gasteiger partial charge in [-0.3, -0.25) is 5.32 Å². The van der Waals surface area contributed by atoms with E-state index in [1.54, 1.807) is 6.92 Å². The van der Waals surface area contributed by atoms with Crippen molar-refractivity contribution in [1.29, 1.82) is 5.26 Å². The zero-order valence-corrected chi connectivity index (χ0v) is 9.44. The van der Waals surface area contributed by atoms with Crippen molar-refractivity contribution in [1.82, 2.24) is 14.9 Å². The molecule has 0 aliphatic carbocycles. The van der Waals surface area contributed by atoms with Crippen molar-refractivity contribution in [3.8, 4) is 6.19 Å². The van der Waals surface area contributed by atoms with Gasteiger partial charge in [0.1, 0.15) is 11.7 Å². The van der Waals surface area contributed by atoms with Crippen molar-refractivity contribution in [2.45, 2.75) is 26.7 Å². The molecule has 0 aliphatic heterocycles. The number of hydrogen-bond donors (Lipinski definition) is 1. The van der Waals surface area contributed by atoms with Gasteiger partial charge in [0.05, 0.1) is 0 Å². The van der Waals surface area contributed by atoms with Crippen LogP contribution in [-0.4, -0.2) is 15.4 Å². The minimum absolute atomic E-state index is 0.364. The molecule has 1 aromatic rings. The van der Waals surface area contributed by atoms with Gasteiger partial charge in [0.15, 0.2) is 12.0 Å². The highest BCUT2D eigenvalue weighted by atomic mass is 15.1. The Bertz CT molecular complexity index is 408. The van der Waals surface area contributed by atoms with E-state index >= 15 is 0 Å². The first-order valence-corrected chi connectivity index (χ1v) is 4.78. The number of nitrogens with zero attached hydrogens (tertiary/aromatic N) is 4. The number of rotatable bonds is 2. The standard InChI is InChI=1S/C10H15N5/c1-7(2)10-14-9(5-15(10)4)13-8(3)12-6-11/h5,7H,1-4H3,(H,12,13). The van der Waals surface area contributed by atoms with E-state index in [0.29, 0.717) is 17.6 Å². The van der Waals surface area contributed by atoms with Crippen LogP contribution < -0.4 is 5.32 Å². The third-order valence-electron chi connectivity index (χ3n) is 1.94. The van der Waals surface area contributed by atoms with E-state index in [4.69, 9.17) is 5.26 Å². The van der Waals surface area contributed by atoms with Gasteiger partial charge < -0.3 is 4.57 Å². The van der Waals surface area contributed by atoms with Crippen molar-refractivity contribution in [3.05, 3.63) is 12.0 Å². The Morgan fingerprint density at radius 2 is 2.33 bits per heavy atom. The fraction of sp³-hybridized carbons (Fsp3) is 0.500. The molecule has 0 saturated carbocycles. The molecule has 5 nitrogen and oxygen atoms in total. The second kappa shape index (κ2) is 4.60. The summed E-state index contributed by atoms with van der Waals surface area (Å²) in [5.41, 5.74) is 0. The van der Waals surface area contributed by atoms with Crippen LogP contribution in [0.4, 0.5) is 5.82 Å². The Hall–Kier alpha value is -1.83. The number of aliphatic imine (C=N–C) groups is 1. The highest BCUT2D eigenvalue weighted by molar-refractivity contribution is 5.83. The molecule has 0 unspecified atom stereocenters. The Morgan fingerprint density at radius 1 is 1.67 bits per heavy atom. The lowest BCUT2D eigenvalue weighted by atomic mass is 10.2. The minimum Gasteiger partial charge on any atom is -0.336 e. The molecule has 0 atom stereocenters. The zero-order chi connectivity index (χ0) is 11.4. The number of nitriles is 1. The monoisotopic (exact) mass is 205 g/mol. The van der Waals surface area contributed by atoms with Gasteiger partial charge in [-0.1, -0.05) is 13.8 Å². The summed E-state index contributed by atoms with van der Waals surface area (Å²) in [6, 6.07) is 0. The van der Waals surface area contributed by atoms with Crippen LogP contribution in [0.25, 0.3) is 0 Å². The van der Waals surface area contributed by atoms with E-state index in [2.05, 4.69) is 29.1 Å². The van der Waals surface area contributed by atoms with Crippen molar-refractivity contribution in [2.24, 2.45) is 12.0 Å². The van der Waals surface area contributed by atoms with E-state index in [1.165, 1.54) is 0 Å². The van der Waals surface area contributed by atoms with Gasteiger partial charge in [0.25, 0.3) is 0 Å². The van der Waals surface area contributed by atoms with Crippen LogP contribution in [0.5, 0.6) is 0 Å². The molecule has 5 heteroatoms. The van der Waals surface area contributed by atoms with Gasteiger partial charge in [-0.05, 0) is 6.92 Å². The molecule has 0 saturated heterocycles. The number of aryl methyl sites for hydroxylation is 1. The molecule has 0 aromatic carbocycles. The molecule has 0 aliphatic rings. The SMILES string of the molecule is C/C(=N/c1cn(C)c(C(C)C)n1)NC#N. The smallest absolute Gasteiger partial charge is 0.182 e. The predicted octanol–water partition coefficient (Wildman–Crippen LogP) is 1.66. The number of amidine groups is 1. The lowest BCUT2D eigenvalue weighted by Gasteiger charge is -2.02. The van der Waals surface area contributed by atoms with Gasteiger partial charge in [0.2, 0.25) is 0 Å². The van der Waals surface area contributed by atoms with Gasteiger partial charge in [-0.2, -0.15) is 5.26 Å². The molecule has 0 radical (unpaired) electrons. The molecule has 0 bridgehead atoms. The first kappa shape index (κ1) is 11.2. The second-order valence-corrected chi connectivity index (χ2v) is 3.66. The maximum absolute atomic E-state index is 8.40. The quantitative estimate of drug-likeness (QED) is 0.345. The summed E-state index contributed by atoms with van der Waals surface area (Å²) < 4.78 is 1.95. The molecule has 1 N–H and O–H groups in total. The van der Waals surface area contributed by atoms with Crippen molar-refractivity contribution < 1.29 is 0 Å². The van der Waals surface area contributed by atoms with Gasteiger partial charge in [0, 0.05) is 19.2 Å². The second-order valence-electron chi connectivity index (χ2n) is 3.66. The van der Waals surface area contributed by atoms with Crippen LogP contribution in [-0.2, 0) is 7.05 Å². The average molecular weight is 205 g/mol. The number of hydrogen-bond acceptors (Lipinski definition) is 3. The topological polar surface area (TPSA) is 66.0 Å². The summed E-state index contributed by atoms with van der Waals surface area (Å²) in [7, 11) is 1.94. The summed E-state index contributed by atoms with van der Waals surface area (Å²) in [4.78, 5) is 8.52. The van der Waals surface area contributed by atoms with E-state index in [0.717, 1.165) is 5.82 Å². The molecule has 0 spiro atoms. The normalized spacial score (nSPS) is 11.6.